The molecule has 22 heavy (non-hydrogen) atoms. The summed E-state index contributed by atoms with van der Waals surface area (Å²) in [5.74, 6) is -0.238. The quantitative estimate of drug-likeness (QED) is 0.632. The van der Waals surface area contributed by atoms with Crippen LogP contribution in [0.25, 0.3) is 23.1 Å². The maximum absolute atomic E-state index is 12.0. The lowest BCUT2D eigenvalue weighted by Gasteiger charge is -2.01. The molecule has 0 atom stereocenters. The smallest absolute Gasteiger partial charge is 0.197 e. The van der Waals surface area contributed by atoms with Crippen LogP contribution in [0.4, 0.5) is 0 Å². The summed E-state index contributed by atoms with van der Waals surface area (Å²) in [5.41, 5.74) is 0.585. The van der Waals surface area contributed by atoms with Crippen LogP contribution in [0.1, 0.15) is 11.3 Å². The Bertz CT molecular complexity index is 937. The van der Waals surface area contributed by atoms with Crippen LogP contribution >= 0.6 is 0 Å². The fraction of sp³-hybridized carbons (Fsp3) is 0. The van der Waals surface area contributed by atoms with Crippen LogP contribution in [-0.2, 0) is 0 Å². The predicted octanol–water partition coefficient (Wildman–Crippen LogP) is 3.08. The minimum absolute atomic E-state index is 0.120. The molecule has 0 radical (unpaired) electrons. The molecule has 2 aromatic carbocycles. The van der Waals surface area contributed by atoms with Gasteiger partial charge in [0, 0.05) is 6.07 Å². The van der Waals surface area contributed by atoms with E-state index in [0.29, 0.717) is 16.9 Å². The van der Waals surface area contributed by atoms with Gasteiger partial charge in [0.25, 0.3) is 0 Å². The molecule has 110 valence electrons. The first-order chi connectivity index (χ1) is 10.5. The summed E-state index contributed by atoms with van der Waals surface area (Å²) in [6, 6.07) is 10.2. The summed E-state index contributed by atoms with van der Waals surface area (Å²) in [5, 5.41) is 28.5. The monoisotopic (exact) mass is 296 g/mol. The van der Waals surface area contributed by atoms with Crippen LogP contribution in [0, 0.1) is 0 Å². The summed E-state index contributed by atoms with van der Waals surface area (Å²) >= 11 is 0. The van der Waals surface area contributed by atoms with E-state index in [2.05, 4.69) is 0 Å². The number of hydrogen-bond donors (Lipinski definition) is 3. The van der Waals surface area contributed by atoms with Gasteiger partial charge in [-0.25, -0.2) is 0 Å². The highest BCUT2D eigenvalue weighted by molar-refractivity contribution is 5.84. The van der Waals surface area contributed by atoms with Gasteiger partial charge in [0.2, 0.25) is 0 Å². The van der Waals surface area contributed by atoms with E-state index in [-0.39, 0.29) is 28.1 Å². The summed E-state index contributed by atoms with van der Waals surface area (Å²) in [4.78, 5) is 12.0. The highest BCUT2D eigenvalue weighted by atomic mass is 16.3. The van der Waals surface area contributed by atoms with Gasteiger partial charge < -0.3 is 19.7 Å². The molecule has 0 bridgehead atoms. The van der Waals surface area contributed by atoms with Crippen LogP contribution in [0.5, 0.6) is 17.2 Å². The van der Waals surface area contributed by atoms with Gasteiger partial charge in [-0.05, 0) is 35.9 Å². The molecule has 3 N–H and O–H groups in total. The molecule has 3 aromatic rings. The van der Waals surface area contributed by atoms with E-state index in [1.807, 2.05) is 0 Å². The Morgan fingerprint density at radius 2 is 1.68 bits per heavy atom. The van der Waals surface area contributed by atoms with Gasteiger partial charge in [-0.1, -0.05) is 18.2 Å². The van der Waals surface area contributed by atoms with Crippen molar-refractivity contribution < 1.29 is 19.7 Å². The zero-order valence-electron chi connectivity index (χ0n) is 11.4. The van der Waals surface area contributed by atoms with E-state index in [1.54, 1.807) is 30.4 Å². The number of phenolic OH excluding ortho intramolecular Hbond substituents is 3. The Morgan fingerprint density at radius 1 is 0.864 bits per heavy atom. The fourth-order valence-electron chi connectivity index (χ4n) is 2.11. The van der Waals surface area contributed by atoms with E-state index in [4.69, 9.17) is 4.42 Å². The summed E-state index contributed by atoms with van der Waals surface area (Å²) in [6.07, 6.45) is 3.20. The minimum atomic E-state index is -0.340. The van der Waals surface area contributed by atoms with Gasteiger partial charge in [-0.15, -0.1) is 0 Å². The molecule has 0 amide bonds. The second kappa shape index (κ2) is 5.29. The summed E-state index contributed by atoms with van der Waals surface area (Å²) in [7, 11) is 0. The Kier molecular flexibility index (Phi) is 3.31. The van der Waals surface area contributed by atoms with Crippen LogP contribution in [0.3, 0.4) is 0 Å². The van der Waals surface area contributed by atoms with Crippen molar-refractivity contribution in [3.8, 4) is 17.2 Å². The number of aromatic hydroxyl groups is 3. The average Bonchev–Trinajstić information content (AvgIpc) is 2.48. The predicted molar refractivity (Wildman–Crippen MR) is 82.8 cm³/mol. The zero-order valence-corrected chi connectivity index (χ0v) is 11.4. The maximum atomic E-state index is 12.0. The van der Waals surface area contributed by atoms with Crippen LogP contribution in [-0.4, -0.2) is 15.3 Å². The molecule has 0 aliphatic rings. The van der Waals surface area contributed by atoms with E-state index >= 15 is 0 Å². The molecule has 0 saturated heterocycles. The first kappa shape index (κ1) is 13.8. The van der Waals surface area contributed by atoms with E-state index in [9.17, 15) is 20.1 Å². The molecule has 5 nitrogen and oxygen atoms in total. The molecule has 0 spiro atoms. The van der Waals surface area contributed by atoms with Crippen LogP contribution < -0.4 is 5.43 Å². The minimum Gasteiger partial charge on any atom is -0.507 e. The Balaban J connectivity index is 2.02. The number of phenols is 3. The standard InChI is InChI=1S/C17H12O5/c18-12-7-5-10(8-14(12)20)4-6-11-9-15(21)17-13(19)2-1-3-16(17)22-11/h1-9,18-20H/b6-4+. The van der Waals surface area contributed by atoms with Crippen molar-refractivity contribution in [2.75, 3.05) is 0 Å². The number of fused-ring (bicyclic) bond motifs is 1. The third-order valence-corrected chi connectivity index (χ3v) is 3.19. The summed E-state index contributed by atoms with van der Waals surface area (Å²) in [6.45, 7) is 0. The van der Waals surface area contributed by atoms with Gasteiger partial charge in [0.05, 0.1) is 0 Å². The van der Waals surface area contributed by atoms with E-state index in [0.717, 1.165) is 0 Å². The highest BCUT2D eigenvalue weighted by Crippen LogP contribution is 2.26. The van der Waals surface area contributed by atoms with Gasteiger partial charge in [0.15, 0.2) is 16.9 Å². The van der Waals surface area contributed by atoms with E-state index < -0.39 is 0 Å². The molecule has 5 heteroatoms. The zero-order chi connectivity index (χ0) is 15.7. The van der Waals surface area contributed by atoms with Crippen molar-refractivity contribution in [2.24, 2.45) is 0 Å². The first-order valence-electron chi connectivity index (χ1n) is 6.50. The molecule has 3 rings (SSSR count). The average molecular weight is 296 g/mol. The third kappa shape index (κ3) is 2.52. The molecule has 1 aromatic heterocycles. The molecular weight excluding hydrogens is 284 g/mol. The van der Waals surface area contributed by atoms with Gasteiger partial charge in [-0.3, -0.25) is 4.79 Å². The molecule has 1 heterocycles. The molecule has 0 unspecified atom stereocenters. The SMILES string of the molecule is O=c1cc(/C=C/c2ccc(O)c(O)c2)oc2cccc(O)c12. The number of rotatable bonds is 2. The van der Waals surface area contributed by atoms with Crippen molar-refractivity contribution in [2.45, 2.75) is 0 Å². The maximum Gasteiger partial charge on any atom is 0.197 e. The van der Waals surface area contributed by atoms with Crippen molar-refractivity contribution in [1.82, 2.24) is 0 Å². The lowest BCUT2D eigenvalue weighted by molar-refractivity contribution is 0.403. The second-order valence-corrected chi connectivity index (χ2v) is 4.74. The number of hydrogen-bond acceptors (Lipinski definition) is 5. The van der Waals surface area contributed by atoms with Gasteiger partial charge in [0.1, 0.15) is 22.5 Å². The van der Waals surface area contributed by atoms with Gasteiger partial charge in [-0.2, -0.15) is 0 Å². The van der Waals surface area contributed by atoms with E-state index in [1.165, 1.54) is 24.3 Å². The van der Waals surface area contributed by atoms with Crippen LogP contribution in [0.15, 0.2) is 51.7 Å². The molecular formula is C17H12O5. The molecule has 0 aliphatic heterocycles. The van der Waals surface area contributed by atoms with Gasteiger partial charge >= 0.3 is 0 Å². The van der Waals surface area contributed by atoms with Crippen molar-refractivity contribution >= 4 is 23.1 Å². The Labute approximate surface area is 125 Å². The normalized spacial score (nSPS) is 11.3. The Morgan fingerprint density at radius 3 is 2.45 bits per heavy atom. The van der Waals surface area contributed by atoms with Crippen molar-refractivity contribution in [1.29, 1.82) is 0 Å². The third-order valence-electron chi connectivity index (χ3n) is 3.19. The van der Waals surface area contributed by atoms with Crippen molar-refractivity contribution in [3.63, 3.8) is 0 Å². The molecule has 0 aliphatic carbocycles. The largest absolute Gasteiger partial charge is 0.507 e. The van der Waals surface area contributed by atoms with Crippen LogP contribution in [0.2, 0.25) is 0 Å². The number of benzene rings is 2. The molecule has 0 saturated carbocycles. The highest BCUT2D eigenvalue weighted by Gasteiger charge is 2.07. The lowest BCUT2D eigenvalue weighted by atomic mass is 10.1. The first-order valence-corrected chi connectivity index (χ1v) is 6.50. The Hall–Kier alpha value is -3.21. The topological polar surface area (TPSA) is 90.9 Å². The summed E-state index contributed by atoms with van der Waals surface area (Å²) < 4.78 is 5.54. The molecule has 0 fully saturated rings. The fourth-order valence-corrected chi connectivity index (χ4v) is 2.11. The second-order valence-electron chi connectivity index (χ2n) is 4.74. The lowest BCUT2D eigenvalue weighted by Crippen LogP contribution is -2.00. The van der Waals surface area contributed by atoms with Crippen molar-refractivity contribution in [3.05, 3.63) is 64.0 Å².